The van der Waals surface area contributed by atoms with E-state index in [2.05, 4.69) is 44.5 Å². The summed E-state index contributed by atoms with van der Waals surface area (Å²) in [6, 6.07) is 16.0. The predicted molar refractivity (Wildman–Crippen MR) is 139 cm³/mol. The standard InChI is InChI=1S/C27H32N6O4/c1-3-23(26-29-30-31-33(26)11-12-35-2)32(10-9-19-7-5-4-6-8-19)18-21-15-20-16-24-25(37-14-13-36-24)17-22(20)28-27(21)34/h4-8,15-17,23H,3,9-14,18H2,1-2H3,(H,28,34)/t23-/m0/s1. The van der Waals surface area contributed by atoms with E-state index in [1.54, 1.807) is 11.8 Å². The van der Waals surface area contributed by atoms with Crippen molar-refractivity contribution in [2.24, 2.45) is 0 Å². The molecule has 1 aliphatic rings. The molecule has 2 aromatic heterocycles. The second-order valence-electron chi connectivity index (χ2n) is 9.09. The summed E-state index contributed by atoms with van der Waals surface area (Å²) in [6.45, 7) is 5.38. The number of nitrogens with zero attached hydrogens (tertiary/aromatic N) is 5. The number of aromatic amines is 1. The highest BCUT2D eigenvalue weighted by Gasteiger charge is 2.26. The molecule has 0 saturated heterocycles. The molecule has 1 N–H and O–H groups in total. The summed E-state index contributed by atoms with van der Waals surface area (Å²) in [5, 5.41) is 13.4. The average Bonchev–Trinajstić information content (AvgIpc) is 3.38. The molecule has 10 nitrogen and oxygen atoms in total. The fourth-order valence-corrected chi connectivity index (χ4v) is 4.78. The number of nitrogens with one attached hydrogen (secondary N) is 1. The second-order valence-corrected chi connectivity index (χ2v) is 9.09. The number of H-pyrrole nitrogens is 1. The lowest BCUT2D eigenvalue weighted by atomic mass is 10.1. The van der Waals surface area contributed by atoms with Crippen molar-refractivity contribution in [3.05, 3.63) is 75.8 Å². The van der Waals surface area contributed by atoms with Crippen molar-refractivity contribution in [3.63, 3.8) is 0 Å². The lowest BCUT2D eigenvalue weighted by molar-refractivity contribution is 0.158. The van der Waals surface area contributed by atoms with Gasteiger partial charge in [-0.1, -0.05) is 37.3 Å². The Kier molecular flexibility index (Phi) is 7.76. The highest BCUT2D eigenvalue weighted by atomic mass is 16.6. The lowest BCUT2D eigenvalue weighted by Crippen LogP contribution is -2.34. The lowest BCUT2D eigenvalue weighted by Gasteiger charge is -2.30. The summed E-state index contributed by atoms with van der Waals surface area (Å²) in [5.41, 5.74) is 2.51. The number of hydrogen-bond acceptors (Lipinski definition) is 8. The van der Waals surface area contributed by atoms with E-state index in [1.807, 2.05) is 36.4 Å². The minimum absolute atomic E-state index is 0.0778. The molecule has 0 fully saturated rings. The van der Waals surface area contributed by atoms with Gasteiger partial charge in [0.1, 0.15) is 13.2 Å². The molecular formula is C27H32N6O4. The Morgan fingerprint density at radius 1 is 1.14 bits per heavy atom. The molecule has 3 heterocycles. The van der Waals surface area contributed by atoms with E-state index in [0.29, 0.717) is 50.0 Å². The zero-order valence-electron chi connectivity index (χ0n) is 21.2. The van der Waals surface area contributed by atoms with Gasteiger partial charge >= 0.3 is 0 Å². The van der Waals surface area contributed by atoms with Crippen LogP contribution in [0.2, 0.25) is 0 Å². The molecule has 4 aromatic rings. The van der Waals surface area contributed by atoms with Gasteiger partial charge in [-0.2, -0.15) is 0 Å². The number of aromatic nitrogens is 5. The van der Waals surface area contributed by atoms with Gasteiger partial charge in [0, 0.05) is 37.2 Å². The van der Waals surface area contributed by atoms with Crippen molar-refractivity contribution in [1.82, 2.24) is 30.1 Å². The van der Waals surface area contributed by atoms with Crippen LogP contribution in [-0.4, -0.2) is 63.6 Å². The molecule has 0 spiro atoms. The summed E-state index contributed by atoms with van der Waals surface area (Å²) in [4.78, 5) is 18.5. The molecule has 0 saturated carbocycles. The Hall–Kier alpha value is -3.76. The maximum atomic E-state index is 13.2. The quantitative estimate of drug-likeness (QED) is 0.332. The topological polar surface area (TPSA) is 107 Å². The Balaban J connectivity index is 1.48. The maximum Gasteiger partial charge on any atom is 0.252 e. The van der Waals surface area contributed by atoms with E-state index in [4.69, 9.17) is 14.2 Å². The molecule has 0 unspecified atom stereocenters. The van der Waals surface area contributed by atoms with Gasteiger partial charge in [-0.15, -0.1) is 5.10 Å². The summed E-state index contributed by atoms with van der Waals surface area (Å²) >= 11 is 0. The molecule has 0 radical (unpaired) electrons. The highest BCUT2D eigenvalue weighted by Crippen LogP contribution is 2.34. The molecule has 37 heavy (non-hydrogen) atoms. The predicted octanol–water partition coefficient (Wildman–Crippen LogP) is 3.13. The van der Waals surface area contributed by atoms with Gasteiger partial charge in [0.25, 0.3) is 5.56 Å². The Labute approximate surface area is 215 Å². The second kappa shape index (κ2) is 11.5. The average molecular weight is 505 g/mol. The zero-order chi connectivity index (χ0) is 25.6. The molecule has 2 aromatic carbocycles. The Morgan fingerprint density at radius 2 is 1.92 bits per heavy atom. The van der Waals surface area contributed by atoms with Crippen LogP contribution in [0, 0.1) is 0 Å². The van der Waals surface area contributed by atoms with Crippen molar-refractivity contribution in [3.8, 4) is 11.5 Å². The highest BCUT2D eigenvalue weighted by molar-refractivity contribution is 5.83. The van der Waals surface area contributed by atoms with Crippen molar-refractivity contribution >= 4 is 10.9 Å². The van der Waals surface area contributed by atoms with E-state index in [-0.39, 0.29) is 11.6 Å². The van der Waals surface area contributed by atoms with Gasteiger partial charge in [0.05, 0.1) is 24.7 Å². The minimum atomic E-state index is -0.122. The van der Waals surface area contributed by atoms with Crippen LogP contribution in [0.3, 0.4) is 0 Å². The van der Waals surface area contributed by atoms with Crippen LogP contribution >= 0.6 is 0 Å². The van der Waals surface area contributed by atoms with Crippen LogP contribution in [0.1, 0.15) is 36.3 Å². The van der Waals surface area contributed by atoms with Gasteiger partial charge in [-0.05, 0) is 41.0 Å². The third-order valence-electron chi connectivity index (χ3n) is 6.68. The van der Waals surface area contributed by atoms with Crippen molar-refractivity contribution < 1.29 is 14.2 Å². The third kappa shape index (κ3) is 5.65. The monoisotopic (exact) mass is 504 g/mol. The van der Waals surface area contributed by atoms with Gasteiger partial charge in [0.2, 0.25) is 0 Å². The fraction of sp³-hybridized carbons (Fsp3) is 0.407. The smallest absolute Gasteiger partial charge is 0.252 e. The van der Waals surface area contributed by atoms with Crippen molar-refractivity contribution in [2.45, 2.75) is 38.9 Å². The first-order valence-electron chi connectivity index (χ1n) is 12.6. The van der Waals surface area contributed by atoms with Crippen molar-refractivity contribution in [1.29, 1.82) is 0 Å². The van der Waals surface area contributed by atoms with Crippen LogP contribution in [0.5, 0.6) is 11.5 Å². The van der Waals surface area contributed by atoms with Crippen LogP contribution in [-0.2, 0) is 24.2 Å². The Morgan fingerprint density at radius 3 is 2.68 bits per heavy atom. The molecule has 0 aliphatic carbocycles. The summed E-state index contributed by atoms with van der Waals surface area (Å²) in [6.07, 6.45) is 1.62. The SMILES string of the molecule is CC[C@@H](c1nnnn1CCOC)N(CCc1ccccc1)Cc1cc2cc3c(cc2[nH]c1=O)OCCO3. The van der Waals surface area contributed by atoms with E-state index < -0.39 is 0 Å². The van der Waals surface area contributed by atoms with Crippen molar-refractivity contribution in [2.75, 3.05) is 33.5 Å². The van der Waals surface area contributed by atoms with E-state index in [9.17, 15) is 4.79 Å². The molecule has 194 valence electrons. The molecular weight excluding hydrogens is 472 g/mol. The fourth-order valence-electron chi connectivity index (χ4n) is 4.78. The van der Waals surface area contributed by atoms with E-state index >= 15 is 0 Å². The molecule has 0 amide bonds. The van der Waals surface area contributed by atoms with E-state index in [1.165, 1.54) is 5.56 Å². The van der Waals surface area contributed by atoms with Gasteiger partial charge in [-0.25, -0.2) is 4.68 Å². The van der Waals surface area contributed by atoms with Crippen LogP contribution in [0.25, 0.3) is 10.9 Å². The largest absolute Gasteiger partial charge is 0.486 e. The van der Waals surface area contributed by atoms with Crippen LogP contribution in [0.15, 0.2) is 53.3 Å². The first kappa shape index (κ1) is 24.9. The number of benzene rings is 2. The summed E-state index contributed by atoms with van der Waals surface area (Å²) in [5.74, 6) is 2.12. The molecule has 1 aliphatic heterocycles. The van der Waals surface area contributed by atoms with Gasteiger partial charge in [-0.3, -0.25) is 9.69 Å². The molecule has 10 heteroatoms. The summed E-state index contributed by atoms with van der Waals surface area (Å²) in [7, 11) is 1.66. The Bertz CT molecular complexity index is 1390. The number of rotatable bonds is 11. The number of pyridine rings is 1. The molecule has 1 atom stereocenters. The molecule has 0 bridgehead atoms. The number of tetrazole rings is 1. The number of methoxy groups -OCH3 is 1. The first-order chi connectivity index (χ1) is 18.2. The van der Waals surface area contributed by atoms with Gasteiger partial charge < -0.3 is 19.2 Å². The number of ether oxygens (including phenoxy) is 3. The van der Waals surface area contributed by atoms with Gasteiger partial charge in [0.15, 0.2) is 17.3 Å². The zero-order valence-corrected chi connectivity index (χ0v) is 21.2. The van der Waals surface area contributed by atoms with Crippen LogP contribution in [0.4, 0.5) is 0 Å². The molecule has 5 rings (SSSR count). The minimum Gasteiger partial charge on any atom is -0.486 e. The number of hydrogen-bond donors (Lipinski definition) is 1. The van der Waals surface area contributed by atoms with E-state index in [0.717, 1.165) is 36.1 Å². The number of fused-ring (bicyclic) bond motifs is 2. The summed E-state index contributed by atoms with van der Waals surface area (Å²) < 4.78 is 18.5. The maximum absolute atomic E-state index is 13.2. The third-order valence-corrected chi connectivity index (χ3v) is 6.68. The van der Waals surface area contributed by atoms with Crippen LogP contribution < -0.4 is 15.0 Å². The normalized spacial score (nSPS) is 13.8. The first-order valence-corrected chi connectivity index (χ1v) is 12.6.